The first-order chi connectivity index (χ1) is 14.1. The van der Waals surface area contributed by atoms with E-state index in [9.17, 15) is 4.79 Å². The molecule has 0 spiro atoms. The van der Waals surface area contributed by atoms with Crippen molar-refractivity contribution in [1.82, 2.24) is 4.90 Å². The number of aliphatic imine (C=N–C) groups is 1. The van der Waals surface area contributed by atoms with Gasteiger partial charge in [-0.1, -0.05) is 52.3 Å². The standard InChI is InChI=1S/C23H17BrN2O2S/c1-2-14-26-22(27)21(29-23(26)25-18-6-4-3-5-7-18)15-19-12-13-20(28-19)16-8-10-17(24)11-9-16/h2-13,15H,1,14H2. The van der Waals surface area contributed by atoms with E-state index >= 15 is 0 Å². The van der Waals surface area contributed by atoms with E-state index in [4.69, 9.17) is 4.42 Å². The average molecular weight is 465 g/mol. The van der Waals surface area contributed by atoms with Gasteiger partial charge in [-0.05, 0) is 48.2 Å². The lowest BCUT2D eigenvalue weighted by Gasteiger charge is -2.12. The van der Waals surface area contributed by atoms with Gasteiger partial charge in [0, 0.05) is 22.7 Å². The Morgan fingerprint density at radius 2 is 1.83 bits per heavy atom. The van der Waals surface area contributed by atoms with Crippen molar-refractivity contribution in [1.29, 1.82) is 0 Å². The monoisotopic (exact) mass is 464 g/mol. The third kappa shape index (κ3) is 4.44. The van der Waals surface area contributed by atoms with Crippen LogP contribution in [0.3, 0.4) is 0 Å². The summed E-state index contributed by atoms with van der Waals surface area (Å²) in [6, 6.07) is 21.2. The first kappa shape index (κ1) is 19.5. The molecule has 1 aromatic heterocycles. The summed E-state index contributed by atoms with van der Waals surface area (Å²) in [4.78, 5) is 19.7. The van der Waals surface area contributed by atoms with Crippen molar-refractivity contribution in [2.45, 2.75) is 0 Å². The number of amidine groups is 1. The van der Waals surface area contributed by atoms with Crippen molar-refractivity contribution < 1.29 is 9.21 Å². The molecule has 4 nitrogen and oxygen atoms in total. The Morgan fingerprint density at radius 3 is 2.55 bits per heavy atom. The van der Waals surface area contributed by atoms with Crippen LogP contribution in [0.2, 0.25) is 0 Å². The fourth-order valence-electron chi connectivity index (χ4n) is 2.82. The lowest BCUT2D eigenvalue weighted by molar-refractivity contribution is -0.121. The number of halogens is 1. The molecule has 0 aliphatic carbocycles. The Bertz CT molecular complexity index is 1100. The molecule has 0 radical (unpaired) electrons. The van der Waals surface area contributed by atoms with E-state index < -0.39 is 0 Å². The molecule has 0 unspecified atom stereocenters. The van der Waals surface area contributed by atoms with Gasteiger partial charge in [0.05, 0.1) is 10.6 Å². The predicted octanol–water partition coefficient (Wildman–Crippen LogP) is 6.50. The molecule has 1 saturated heterocycles. The number of hydrogen-bond acceptors (Lipinski definition) is 4. The average Bonchev–Trinajstić information content (AvgIpc) is 3.30. The van der Waals surface area contributed by atoms with E-state index in [-0.39, 0.29) is 5.91 Å². The maximum Gasteiger partial charge on any atom is 0.267 e. The molecule has 0 N–H and O–H groups in total. The van der Waals surface area contributed by atoms with E-state index in [1.165, 1.54) is 11.8 Å². The van der Waals surface area contributed by atoms with Crippen molar-refractivity contribution in [2.75, 3.05) is 6.54 Å². The molecule has 0 atom stereocenters. The minimum atomic E-state index is -0.105. The van der Waals surface area contributed by atoms with Crippen LogP contribution in [-0.4, -0.2) is 22.5 Å². The van der Waals surface area contributed by atoms with Crippen LogP contribution in [0.25, 0.3) is 17.4 Å². The lowest BCUT2D eigenvalue weighted by Crippen LogP contribution is -2.29. The number of furan rings is 1. The SMILES string of the molecule is C=CCN1C(=O)C(=Cc2ccc(-c3ccc(Br)cc3)o2)SC1=Nc1ccccc1. The summed E-state index contributed by atoms with van der Waals surface area (Å²) in [5.41, 5.74) is 1.77. The van der Waals surface area contributed by atoms with Gasteiger partial charge in [-0.2, -0.15) is 0 Å². The predicted molar refractivity (Wildman–Crippen MR) is 123 cm³/mol. The summed E-state index contributed by atoms with van der Waals surface area (Å²) >= 11 is 4.77. The summed E-state index contributed by atoms with van der Waals surface area (Å²) in [6.07, 6.45) is 3.46. The van der Waals surface area contributed by atoms with E-state index in [2.05, 4.69) is 27.5 Å². The lowest BCUT2D eigenvalue weighted by atomic mass is 10.2. The maximum atomic E-state index is 12.9. The molecule has 1 aliphatic heterocycles. The zero-order valence-corrected chi connectivity index (χ0v) is 17.8. The van der Waals surface area contributed by atoms with Gasteiger partial charge in [0.15, 0.2) is 5.17 Å². The molecular formula is C23H17BrN2O2S. The highest BCUT2D eigenvalue weighted by atomic mass is 79.9. The largest absolute Gasteiger partial charge is 0.457 e. The van der Waals surface area contributed by atoms with Crippen LogP contribution in [0.4, 0.5) is 5.69 Å². The number of rotatable bonds is 5. The Kier molecular flexibility index (Phi) is 5.83. The normalized spacial score (nSPS) is 16.7. The molecule has 6 heteroatoms. The van der Waals surface area contributed by atoms with Gasteiger partial charge in [-0.3, -0.25) is 9.69 Å². The van der Waals surface area contributed by atoms with Crippen LogP contribution in [0.5, 0.6) is 0 Å². The molecule has 4 rings (SSSR count). The van der Waals surface area contributed by atoms with Crippen LogP contribution in [0.15, 0.2) is 98.2 Å². The molecule has 3 aromatic rings. The fraction of sp³-hybridized carbons (Fsp3) is 0.0435. The molecule has 144 valence electrons. The second-order valence-corrected chi connectivity index (χ2v) is 8.18. The Labute approximate surface area is 181 Å². The Balaban J connectivity index is 1.62. The summed E-state index contributed by atoms with van der Waals surface area (Å²) in [7, 11) is 0. The summed E-state index contributed by atoms with van der Waals surface area (Å²) in [5, 5.41) is 0.632. The van der Waals surface area contributed by atoms with Gasteiger partial charge < -0.3 is 4.42 Å². The molecule has 1 aliphatic rings. The summed E-state index contributed by atoms with van der Waals surface area (Å²) in [6.45, 7) is 4.15. The van der Waals surface area contributed by atoms with Gasteiger partial charge in [0.25, 0.3) is 5.91 Å². The molecule has 0 bridgehead atoms. The van der Waals surface area contributed by atoms with Gasteiger partial charge in [-0.15, -0.1) is 6.58 Å². The Hall–Kier alpha value is -2.83. The molecule has 2 aromatic carbocycles. The van der Waals surface area contributed by atoms with Crippen molar-refractivity contribution in [3.63, 3.8) is 0 Å². The molecule has 1 fully saturated rings. The molecule has 2 heterocycles. The minimum absolute atomic E-state index is 0.105. The number of amides is 1. The fourth-order valence-corrected chi connectivity index (χ4v) is 4.08. The van der Waals surface area contributed by atoms with Gasteiger partial charge in [-0.25, -0.2) is 4.99 Å². The number of benzene rings is 2. The number of thioether (sulfide) groups is 1. The highest BCUT2D eigenvalue weighted by Gasteiger charge is 2.32. The van der Waals surface area contributed by atoms with Crippen LogP contribution in [-0.2, 0) is 4.79 Å². The minimum Gasteiger partial charge on any atom is -0.457 e. The van der Waals surface area contributed by atoms with E-state index in [1.807, 2.05) is 66.7 Å². The van der Waals surface area contributed by atoms with E-state index in [1.54, 1.807) is 17.1 Å². The number of nitrogens with zero attached hydrogens (tertiary/aromatic N) is 2. The van der Waals surface area contributed by atoms with Crippen LogP contribution in [0, 0.1) is 0 Å². The molecule has 0 saturated carbocycles. The van der Waals surface area contributed by atoms with Crippen LogP contribution < -0.4 is 0 Å². The third-order valence-electron chi connectivity index (χ3n) is 4.21. The molecule has 1 amide bonds. The number of hydrogen-bond donors (Lipinski definition) is 0. The summed E-state index contributed by atoms with van der Waals surface area (Å²) in [5.74, 6) is 1.27. The van der Waals surface area contributed by atoms with Crippen LogP contribution >= 0.6 is 27.7 Å². The van der Waals surface area contributed by atoms with E-state index in [0.717, 1.165) is 21.5 Å². The molecule has 29 heavy (non-hydrogen) atoms. The first-order valence-electron chi connectivity index (χ1n) is 8.96. The zero-order valence-electron chi connectivity index (χ0n) is 15.4. The van der Waals surface area contributed by atoms with Gasteiger partial charge in [0.2, 0.25) is 0 Å². The van der Waals surface area contributed by atoms with E-state index in [0.29, 0.717) is 22.4 Å². The maximum absolute atomic E-state index is 12.9. The van der Waals surface area contributed by atoms with Gasteiger partial charge >= 0.3 is 0 Å². The number of carbonyl (C=O) groups excluding carboxylic acids is 1. The van der Waals surface area contributed by atoms with Crippen molar-refractivity contribution in [3.05, 3.63) is 94.5 Å². The zero-order chi connectivity index (χ0) is 20.2. The highest BCUT2D eigenvalue weighted by Crippen LogP contribution is 2.35. The van der Waals surface area contributed by atoms with Gasteiger partial charge in [0.1, 0.15) is 11.5 Å². The smallest absolute Gasteiger partial charge is 0.267 e. The number of carbonyl (C=O) groups is 1. The van der Waals surface area contributed by atoms with Crippen LogP contribution in [0.1, 0.15) is 5.76 Å². The summed E-state index contributed by atoms with van der Waals surface area (Å²) < 4.78 is 6.94. The first-order valence-corrected chi connectivity index (χ1v) is 10.6. The number of para-hydroxylation sites is 1. The van der Waals surface area contributed by atoms with Crippen molar-refractivity contribution in [2.24, 2.45) is 4.99 Å². The highest BCUT2D eigenvalue weighted by molar-refractivity contribution is 9.10. The third-order valence-corrected chi connectivity index (χ3v) is 5.74. The quantitative estimate of drug-likeness (QED) is 0.319. The Morgan fingerprint density at radius 1 is 1.07 bits per heavy atom. The second kappa shape index (κ2) is 8.68. The molecular weight excluding hydrogens is 448 g/mol. The van der Waals surface area contributed by atoms with Crippen molar-refractivity contribution in [3.8, 4) is 11.3 Å². The second-order valence-electron chi connectivity index (χ2n) is 6.25. The topological polar surface area (TPSA) is 45.8 Å². The van der Waals surface area contributed by atoms with Crippen molar-refractivity contribution >= 4 is 50.5 Å².